The van der Waals surface area contributed by atoms with Gasteiger partial charge in [0.05, 0.1) is 5.57 Å². The number of carbonyl (C=O) groups excluding carboxylic acids is 3. The van der Waals surface area contributed by atoms with Gasteiger partial charge in [0.25, 0.3) is 11.8 Å². The van der Waals surface area contributed by atoms with Crippen LogP contribution in [0.4, 0.5) is 4.79 Å². The van der Waals surface area contributed by atoms with Crippen LogP contribution >= 0.6 is 0 Å². The predicted molar refractivity (Wildman–Crippen MR) is 147 cm³/mol. The van der Waals surface area contributed by atoms with E-state index in [9.17, 15) is 14.4 Å². The average molecular weight is 516 g/mol. The van der Waals surface area contributed by atoms with Crippen molar-refractivity contribution in [2.24, 2.45) is 0 Å². The summed E-state index contributed by atoms with van der Waals surface area (Å²) >= 11 is 0. The van der Waals surface area contributed by atoms with Crippen molar-refractivity contribution in [1.29, 1.82) is 0 Å². The number of para-hydroxylation sites is 2. The molecule has 8 heteroatoms. The van der Waals surface area contributed by atoms with Crippen LogP contribution in [0.1, 0.15) is 44.4 Å². The third-order valence-corrected chi connectivity index (χ3v) is 5.23. The summed E-state index contributed by atoms with van der Waals surface area (Å²) in [5.41, 5.74) is 7.01. The second kappa shape index (κ2) is 12.6. The minimum Gasteiger partial charge on any atom is -0.456 e. The molecule has 1 unspecified atom stereocenters. The van der Waals surface area contributed by atoms with Crippen molar-refractivity contribution in [3.05, 3.63) is 95.6 Å². The van der Waals surface area contributed by atoms with Gasteiger partial charge in [0.1, 0.15) is 23.1 Å². The van der Waals surface area contributed by atoms with E-state index in [1.807, 2.05) is 48.5 Å². The number of carbonyl (C=O) groups is 3. The highest BCUT2D eigenvalue weighted by molar-refractivity contribution is 6.25. The maximum atomic E-state index is 12.9. The molecule has 1 aliphatic rings. The molecule has 3 amide bonds. The number of amides is 3. The molecular weight excluding hydrogens is 482 g/mol. The van der Waals surface area contributed by atoms with Gasteiger partial charge >= 0.3 is 6.09 Å². The Morgan fingerprint density at radius 1 is 0.816 bits per heavy atom. The number of ether oxygens (including phenoxy) is 2. The fourth-order valence-corrected chi connectivity index (χ4v) is 3.39. The number of fused-ring (bicyclic) bond motifs is 2. The first-order valence-electron chi connectivity index (χ1n) is 12.2. The molecule has 198 valence electrons. The van der Waals surface area contributed by atoms with Crippen molar-refractivity contribution in [2.45, 2.75) is 46.3 Å². The standard InChI is InChI=1S/C23H25N3O5.C7H8/c1-14(24-22(29)31-23(2,3)4)20(27)25-26-21(28)17-13-15-9-5-7-11-18(15)30-19-12-8-6-10-16(17)19;1-7-5-3-2-4-6-7/h5-14H,1-4H3,(H,24,29)(H,25,27)(H,26,28);2-6H,1H3. The van der Waals surface area contributed by atoms with Crippen molar-refractivity contribution in [3.8, 4) is 11.5 Å². The summed E-state index contributed by atoms with van der Waals surface area (Å²) in [4.78, 5) is 37.0. The van der Waals surface area contributed by atoms with E-state index in [4.69, 9.17) is 9.47 Å². The summed E-state index contributed by atoms with van der Waals surface area (Å²) in [6.07, 6.45) is 0.973. The van der Waals surface area contributed by atoms with Crippen molar-refractivity contribution in [1.82, 2.24) is 16.2 Å². The van der Waals surface area contributed by atoms with Crippen LogP contribution in [0.5, 0.6) is 11.5 Å². The molecule has 0 radical (unpaired) electrons. The van der Waals surface area contributed by atoms with Crippen LogP contribution < -0.4 is 20.9 Å². The fourth-order valence-electron chi connectivity index (χ4n) is 3.39. The molecule has 0 saturated carbocycles. The highest BCUT2D eigenvalue weighted by Crippen LogP contribution is 2.37. The molecule has 3 aromatic carbocycles. The van der Waals surface area contributed by atoms with E-state index in [0.29, 0.717) is 22.6 Å². The van der Waals surface area contributed by atoms with Gasteiger partial charge in [0.2, 0.25) is 0 Å². The van der Waals surface area contributed by atoms with Gasteiger partial charge in [-0.15, -0.1) is 0 Å². The van der Waals surface area contributed by atoms with Gasteiger partial charge in [-0.1, -0.05) is 72.3 Å². The number of benzene rings is 3. The van der Waals surface area contributed by atoms with Crippen LogP contribution in [0.3, 0.4) is 0 Å². The van der Waals surface area contributed by atoms with Gasteiger partial charge in [-0.3, -0.25) is 20.4 Å². The lowest BCUT2D eigenvalue weighted by Crippen LogP contribution is -2.51. The van der Waals surface area contributed by atoms with E-state index in [0.717, 1.165) is 5.56 Å². The van der Waals surface area contributed by atoms with Crippen molar-refractivity contribution in [3.63, 3.8) is 0 Å². The number of aryl methyl sites for hydroxylation is 1. The number of hydrogen-bond acceptors (Lipinski definition) is 5. The second-order valence-corrected chi connectivity index (χ2v) is 9.66. The molecule has 4 rings (SSSR count). The average Bonchev–Trinajstić information content (AvgIpc) is 3.03. The summed E-state index contributed by atoms with van der Waals surface area (Å²) in [5.74, 6) is 0.0287. The first kappa shape index (κ1) is 28.0. The van der Waals surface area contributed by atoms with Crippen molar-refractivity contribution >= 4 is 29.6 Å². The van der Waals surface area contributed by atoms with E-state index in [-0.39, 0.29) is 0 Å². The van der Waals surface area contributed by atoms with Crippen LogP contribution in [-0.2, 0) is 14.3 Å². The van der Waals surface area contributed by atoms with Gasteiger partial charge in [-0.05, 0) is 52.8 Å². The second-order valence-electron chi connectivity index (χ2n) is 9.66. The largest absolute Gasteiger partial charge is 0.456 e. The third-order valence-electron chi connectivity index (χ3n) is 5.23. The summed E-state index contributed by atoms with van der Waals surface area (Å²) in [6.45, 7) is 8.73. The predicted octanol–water partition coefficient (Wildman–Crippen LogP) is 5.39. The Morgan fingerprint density at radius 2 is 1.42 bits per heavy atom. The van der Waals surface area contributed by atoms with Crippen molar-refractivity contribution < 1.29 is 23.9 Å². The van der Waals surface area contributed by atoms with E-state index >= 15 is 0 Å². The normalized spacial score (nSPS) is 12.4. The number of hydrazine groups is 1. The van der Waals surface area contributed by atoms with Gasteiger partial charge in [0.15, 0.2) is 0 Å². The first-order chi connectivity index (χ1) is 18.0. The molecule has 0 saturated heterocycles. The number of rotatable bonds is 3. The molecule has 1 atom stereocenters. The minimum absolute atomic E-state index is 0.327. The van der Waals surface area contributed by atoms with E-state index in [1.165, 1.54) is 12.5 Å². The maximum absolute atomic E-state index is 12.9. The van der Waals surface area contributed by atoms with Crippen LogP contribution in [0.25, 0.3) is 11.6 Å². The Kier molecular flexibility index (Phi) is 9.27. The molecule has 3 N–H and O–H groups in total. The highest BCUT2D eigenvalue weighted by Gasteiger charge is 2.24. The summed E-state index contributed by atoms with van der Waals surface area (Å²) in [7, 11) is 0. The third kappa shape index (κ3) is 8.23. The Labute approximate surface area is 223 Å². The molecular formula is C30H33N3O5. The summed E-state index contributed by atoms with van der Waals surface area (Å²) < 4.78 is 11.1. The van der Waals surface area contributed by atoms with Crippen LogP contribution in [-0.4, -0.2) is 29.6 Å². The minimum atomic E-state index is -0.922. The molecule has 0 spiro atoms. The van der Waals surface area contributed by atoms with E-state index < -0.39 is 29.6 Å². The number of nitrogens with one attached hydrogen (secondary N) is 3. The zero-order chi connectivity index (χ0) is 27.7. The van der Waals surface area contributed by atoms with Crippen LogP contribution in [0.15, 0.2) is 78.9 Å². The molecule has 0 aliphatic carbocycles. The van der Waals surface area contributed by atoms with E-state index in [1.54, 1.807) is 45.0 Å². The highest BCUT2D eigenvalue weighted by atomic mass is 16.6. The zero-order valence-corrected chi connectivity index (χ0v) is 22.2. The number of hydrogen-bond donors (Lipinski definition) is 3. The lowest BCUT2D eigenvalue weighted by Gasteiger charge is -2.21. The van der Waals surface area contributed by atoms with Crippen LogP contribution in [0, 0.1) is 6.92 Å². The molecule has 0 fully saturated rings. The Morgan fingerprint density at radius 3 is 2.05 bits per heavy atom. The maximum Gasteiger partial charge on any atom is 0.408 e. The lowest BCUT2D eigenvalue weighted by atomic mass is 10.0. The van der Waals surface area contributed by atoms with Crippen molar-refractivity contribution in [2.75, 3.05) is 0 Å². The first-order valence-corrected chi connectivity index (χ1v) is 12.2. The van der Waals surface area contributed by atoms with Gasteiger partial charge in [0, 0.05) is 11.1 Å². The van der Waals surface area contributed by atoms with Gasteiger partial charge < -0.3 is 14.8 Å². The van der Waals surface area contributed by atoms with Gasteiger partial charge in [-0.2, -0.15) is 0 Å². The molecule has 38 heavy (non-hydrogen) atoms. The fraction of sp³-hybridized carbons (Fsp3) is 0.233. The molecule has 1 heterocycles. The van der Waals surface area contributed by atoms with E-state index in [2.05, 4.69) is 35.2 Å². The molecule has 0 aromatic heterocycles. The Hall–Kier alpha value is -4.59. The summed E-state index contributed by atoms with van der Waals surface area (Å²) in [6, 6.07) is 23.8. The van der Waals surface area contributed by atoms with Gasteiger partial charge in [-0.25, -0.2) is 4.79 Å². The summed E-state index contributed by atoms with van der Waals surface area (Å²) in [5, 5.41) is 2.42. The molecule has 3 aromatic rings. The monoisotopic (exact) mass is 515 g/mol. The smallest absolute Gasteiger partial charge is 0.408 e. The van der Waals surface area contributed by atoms with Crippen LogP contribution in [0.2, 0.25) is 0 Å². The Balaban J connectivity index is 0.000000494. The molecule has 1 aliphatic heterocycles. The topological polar surface area (TPSA) is 106 Å². The Bertz CT molecular complexity index is 1310. The molecule has 8 nitrogen and oxygen atoms in total. The lowest BCUT2D eigenvalue weighted by molar-refractivity contribution is -0.127. The quantitative estimate of drug-likeness (QED) is 0.406. The number of alkyl carbamates (subject to hydrolysis) is 1. The molecule has 0 bridgehead atoms. The SMILES string of the molecule is CC(NC(=O)OC(C)(C)C)C(=O)NNC(=O)C1=Cc2ccccc2Oc2ccccc21.Cc1ccccc1. The zero-order valence-electron chi connectivity index (χ0n) is 22.2.